The summed E-state index contributed by atoms with van der Waals surface area (Å²) in [7, 11) is 3.21. The van der Waals surface area contributed by atoms with Gasteiger partial charge >= 0.3 is 0 Å². The van der Waals surface area contributed by atoms with Crippen molar-refractivity contribution in [1.29, 1.82) is 0 Å². The first kappa shape index (κ1) is 20.0. The number of carbonyl (C=O) groups excluding carboxylic acids is 1. The first-order chi connectivity index (χ1) is 13.5. The number of H-pyrrole nitrogens is 1. The number of aromatic nitrogens is 1. The van der Waals surface area contributed by atoms with Crippen molar-refractivity contribution in [2.45, 2.75) is 13.0 Å². The van der Waals surface area contributed by atoms with E-state index in [-0.39, 0.29) is 11.9 Å². The van der Waals surface area contributed by atoms with E-state index in [1.54, 1.807) is 26.4 Å². The molecule has 3 rings (SSSR count). The third kappa shape index (κ3) is 4.58. The van der Waals surface area contributed by atoms with Crippen molar-refractivity contribution in [3.63, 3.8) is 0 Å². The van der Waals surface area contributed by atoms with Gasteiger partial charge in [0.25, 0.3) is 5.91 Å². The second-order valence-electron chi connectivity index (χ2n) is 6.36. The molecule has 0 aliphatic heterocycles. The van der Waals surface area contributed by atoms with Crippen molar-refractivity contribution in [2.75, 3.05) is 27.4 Å². The Labute approximate surface area is 168 Å². The van der Waals surface area contributed by atoms with E-state index in [9.17, 15) is 4.79 Å². The van der Waals surface area contributed by atoms with Gasteiger partial charge in [0.2, 0.25) is 0 Å². The summed E-state index contributed by atoms with van der Waals surface area (Å²) < 4.78 is 16.0. The molecule has 7 heteroatoms. The van der Waals surface area contributed by atoms with E-state index in [0.29, 0.717) is 35.4 Å². The number of fused-ring (bicyclic) bond motifs is 1. The lowest BCUT2D eigenvalue weighted by atomic mass is 10.1. The van der Waals surface area contributed by atoms with Gasteiger partial charge in [0.15, 0.2) is 11.5 Å². The maximum absolute atomic E-state index is 12.6. The van der Waals surface area contributed by atoms with Crippen LogP contribution in [0.15, 0.2) is 42.5 Å². The minimum Gasteiger partial charge on any atom is -0.493 e. The molecule has 0 bridgehead atoms. The van der Waals surface area contributed by atoms with Crippen LogP contribution < -0.4 is 14.8 Å². The normalized spacial score (nSPS) is 12.0. The quantitative estimate of drug-likeness (QED) is 0.549. The maximum atomic E-state index is 12.6. The fourth-order valence-electron chi connectivity index (χ4n) is 2.89. The molecule has 1 atom stereocenters. The summed E-state index contributed by atoms with van der Waals surface area (Å²) in [6, 6.07) is 12.6. The zero-order valence-electron chi connectivity index (χ0n) is 16.0. The molecule has 0 aliphatic carbocycles. The lowest BCUT2D eigenvalue weighted by Gasteiger charge is -2.17. The van der Waals surface area contributed by atoms with E-state index in [2.05, 4.69) is 10.3 Å². The molecule has 2 N–H and O–H groups in total. The molecule has 1 unspecified atom stereocenters. The molecular weight excluding hydrogens is 380 g/mol. The number of aromatic amines is 1. The Morgan fingerprint density at radius 1 is 1.11 bits per heavy atom. The molecule has 6 nitrogen and oxygen atoms in total. The smallest absolute Gasteiger partial charge is 0.268 e. The second-order valence-corrected chi connectivity index (χ2v) is 6.80. The first-order valence-corrected chi connectivity index (χ1v) is 9.28. The van der Waals surface area contributed by atoms with E-state index in [1.165, 1.54) is 0 Å². The highest BCUT2D eigenvalue weighted by Gasteiger charge is 2.16. The molecule has 0 fully saturated rings. The highest BCUT2D eigenvalue weighted by Crippen LogP contribution is 2.30. The molecule has 1 amide bonds. The number of benzene rings is 2. The van der Waals surface area contributed by atoms with Crippen molar-refractivity contribution >= 4 is 28.4 Å². The fraction of sp³-hybridized carbons (Fsp3) is 0.286. The van der Waals surface area contributed by atoms with Crippen LogP contribution >= 0.6 is 11.6 Å². The minimum atomic E-state index is -0.218. The van der Waals surface area contributed by atoms with Crippen molar-refractivity contribution in [2.24, 2.45) is 0 Å². The second kappa shape index (κ2) is 8.99. The Morgan fingerprint density at radius 3 is 2.68 bits per heavy atom. The van der Waals surface area contributed by atoms with Crippen LogP contribution in [-0.2, 0) is 4.74 Å². The molecule has 1 aromatic heterocycles. The zero-order valence-corrected chi connectivity index (χ0v) is 16.8. The summed E-state index contributed by atoms with van der Waals surface area (Å²) in [6.07, 6.45) is 0. The van der Waals surface area contributed by atoms with Gasteiger partial charge in [-0.25, -0.2) is 0 Å². The van der Waals surface area contributed by atoms with Crippen LogP contribution in [-0.4, -0.2) is 38.3 Å². The SMILES string of the molecule is COCCOc1ccc(C(C)NC(=O)c2cc3cc(Cl)ccc3[nH]2)cc1OC. The number of hydrogen-bond acceptors (Lipinski definition) is 4. The summed E-state index contributed by atoms with van der Waals surface area (Å²) in [5, 5.41) is 4.52. The Balaban J connectivity index is 1.72. The standard InChI is InChI=1S/C21H23ClN2O4/c1-13(14-4-7-19(20(12-14)27-3)28-9-8-26-2)23-21(25)18-11-15-10-16(22)5-6-17(15)24-18/h4-7,10-13,24H,8-9H2,1-3H3,(H,23,25). The molecular formula is C21H23ClN2O4. The molecule has 1 heterocycles. The molecule has 0 spiro atoms. The van der Waals surface area contributed by atoms with Gasteiger partial charge in [0, 0.05) is 23.0 Å². The largest absolute Gasteiger partial charge is 0.493 e. The molecule has 0 aliphatic rings. The number of carbonyl (C=O) groups is 1. The molecule has 2 aromatic carbocycles. The van der Waals surface area contributed by atoms with Crippen LogP contribution in [0.3, 0.4) is 0 Å². The molecule has 3 aromatic rings. The average molecular weight is 403 g/mol. The lowest BCUT2D eigenvalue weighted by Crippen LogP contribution is -2.26. The van der Waals surface area contributed by atoms with Crippen LogP contribution in [0.4, 0.5) is 0 Å². The molecule has 0 saturated carbocycles. The average Bonchev–Trinajstić information content (AvgIpc) is 3.11. The van der Waals surface area contributed by atoms with Crippen molar-refractivity contribution < 1.29 is 19.0 Å². The molecule has 0 saturated heterocycles. The predicted molar refractivity (Wildman–Crippen MR) is 110 cm³/mol. The van der Waals surface area contributed by atoms with E-state index < -0.39 is 0 Å². The summed E-state index contributed by atoms with van der Waals surface area (Å²) in [5.74, 6) is 1.04. The van der Waals surface area contributed by atoms with Gasteiger partial charge in [0.1, 0.15) is 12.3 Å². The lowest BCUT2D eigenvalue weighted by molar-refractivity contribution is 0.0935. The number of hydrogen-bond donors (Lipinski definition) is 2. The Bertz CT molecular complexity index is 970. The monoisotopic (exact) mass is 402 g/mol. The number of halogens is 1. The third-order valence-corrected chi connectivity index (χ3v) is 4.64. The van der Waals surface area contributed by atoms with Gasteiger partial charge in [-0.1, -0.05) is 17.7 Å². The van der Waals surface area contributed by atoms with Gasteiger partial charge in [-0.3, -0.25) is 4.79 Å². The topological polar surface area (TPSA) is 72.6 Å². The number of amides is 1. The van der Waals surface area contributed by atoms with Gasteiger partial charge < -0.3 is 24.5 Å². The Hall–Kier alpha value is -2.70. The molecule has 148 valence electrons. The number of methoxy groups -OCH3 is 2. The molecule has 0 radical (unpaired) electrons. The van der Waals surface area contributed by atoms with Gasteiger partial charge in [-0.05, 0) is 48.9 Å². The minimum absolute atomic E-state index is 0.195. The fourth-order valence-corrected chi connectivity index (χ4v) is 3.07. The van der Waals surface area contributed by atoms with E-state index in [0.717, 1.165) is 16.5 Å². The van der Waals surface area contributed by atoms with Gasteiger partial charge in [0.05, 0.1) is 19.8 Å². The van der Waals surface area contributed by atoms with Crippen molar-refractivity contribution in [3.8, 4) is 11.5 Å². The van der Waals surface area contributed by atoms with Crippen molar-refractivity contribution in [1.82, 2.24) is 10.3 Å². The number of ether oxygens (including phenoxy) is 3. The van der Waals surface area contributed by atoms with Crippen LogP contribution in [0.2, 0.25) is 5.02 Å². The molecule has 28 heavy (non-hydrogen) atoms. The van der Waals surface area contributed by atoms with Crippen LogP contribution in [0, 0.1) is 0 Å². The summed E-state index contributed by atoms with van der Waals surface area (Å²) in [4.78, 5) is 15.7. The van der Waals surface area contributed by atoms with Crippen LogP contribution in [0.25, 0.3) is 10.9 Å². The highest BCUT2D eigenvalue weighted by molar-refractivity contribution is 6.31. The van der Waals surface area contributed by atoms with Crippen LogP contribution in [0.1, 0.15) is 29.0 Å². The summed E-state index contributed by atoms with van der Waals surface area (Å²) in [6.45, 7) is 2.84. The van der Waals surface area contributed by atoms with E-state index in [4.69, 9.17) is 25.8 Å². The van der Waals surface area contributed by atoms with E-state index >= 15 is 0 Å². The zero-order chi connectivity index (χ0) is 20.1. The summed E-state index contributed by atoms with van der Waals surface area (Å²) >= 11 is 6.01. The van der Waals surface area contributed by atoms with Crippen LogP contribution in [0.5, 0.6) is 11.5 Å². The first-order valence-electron chi connectivity index (χ1n) is 8.90. The predicted octanol–water partition coefficient (Wildman–Crippen LogP) is 4.35. The highest BCUT2D eigenvalue weighted by atomic mass is 35.5. The maximum Gasteiger partial charge on any atom is 0.268 e. The van der Waals surface area contributed by atoms with Crippen molar-refractivity contribution in [3.05, 3.63) is 58.7 Å². The third-order valence-electron chi connectivity index (χ3n) is 4.41. The van der Waals surface area contributed by atoms with Gasteiger partial charge in [-0.2, -0.15) is 0 Å². The summed E-state index contributed by atoms with van der Waals surface area (Å²) in [5.41, 5.74) is 2.25. The van der Waals surface area contributed by atoms with Gasteiger partial charge in [-0.15, -0.1) is 0 Å². The Kier molecular flexibility index (Phi) is 6.44. The number of nitrogens with one attached hydrogen (secondary N) is 2. The Morgan fingerprint density at radius 2 is 1.93 bits per heavy atom. The van der Waals surface area contributed by atoms with E-state index in [1.807, 2.05) is 37.3 Å². The number of rotatable bonds is 8.